The van der Waals surface area contributed by atoms with Gasteiger partial charge in [-0.1, -0.05) is 12.1 Å². The van der Waals surface area contributed by atoms with Gasteiger partial charge in [-0.25, -0.2) is 4.98 Å². The fraction of sp³-hybridized carbons (Fsp3) is 0.238. The molecule has 0 saturated heterocycles. The molecule has 0 aliphatic carbocycles. The van der Waals surface area contributed by atoms with E-state index in [9.17, 15) is 9.90 Å². The third kappa shape index (κ3) is 4.01. The topological polar surface area (TPSA) is 80.7 Å². The van der Waals surface area contributed by atoms with Gasteiger partial charge in [0.2, 0.25) is 5.91 Å². The van der Waals surface area contributed by atoms with Crippen LogP contribution in [0.1, 0.15) is 12.5 Å². The van der Waals surface area contributed by atoms with E-state index in [1.165, 1.54) is 7.11 Å². The number of benzene rings is 2. The zero-order chi connectivity index (χ0) is 19.4. The van der Waals surface area contributed by atoms with Crippen LogP contribution in [-0.4, -0.2) is 36.3 Å². The third-order valence-corrected chi connectivity index (χ3v) is 4.15. The molecule has 1 amide bonds. The highest BCUT2D eigenvalue weighted by molar-refractivity contribution is 5.95. The van der Waals surface area contributed by atoms with Crippen LogP contribution in [0.4, 0.5) is 5.69 Å². The maximum absolute atomic E-state index is 11.7. The highest BCUT2D eigenvalue weighted by atomic mass is 16.5. The molecule has 1 heterocycles. The van der Waals surface area contributed by atoms with Gasteiger partial charge in [-0.05, 0) is 49.7 Å². The smallest absolute Gasteiger partial charge is 0.250 e. The summed E-state index contributed by atoms with van der Waals surface area (Å²) in [5.41, 5.74) is 3.62. The highest BCUT2D eigenvalue weighted by Gasteiger charge is 2.13. The molecule has 0 fully saturated rings. The number of aryl methyl sites for hydroxylation is 1. The molecule has 0 radical (unpaired) electrons. The number of ether oxygens (including phenoxy) is 2. The van der Waals surface area contributed by atoms with Gasteiger partial charge in [-0.2, -0.15) is 0 Å². The Hall–Kier alpha value is -3.12. The molecule has 0 aliphatic heterocycles. The summed E-state index contributed by atoms with van der Waals surface area (Å²) in [6.45, 7) is 4.30. The van der Waals surface area contributed by atoms with Gasteiger partial charge in [0.1, 0.15) is 6.61 Å². The molecule has 0 aliphatic rings. The molecular weight excluding hydrogens is 344 g/mol. The highest BCUT2D eigenvalue weighted by Crippen LogP contribution is 2.37. The number of carbonyl (C=O) groups excluding carboxylic acids is 1. The standard InChI is InChI=1S/C21H22N2O4/c1-4-27-19-7-5-6-16(21(19)25)17-10-13(2)15-9-8-14(11-18(15)23-17)22-20(24)12-26-3/h5-11,25H,4,12H2,1-3H3,(H,22,24). The Morgan fingerprint density at radius 3 is 2.78 bits per heavy atom. The number of nitrogens with one attached hydrogen (secondary N) is 1. The van der Waals surface area contributed by atoms with E-state index >= 15 is 0 Å². The second kappa shape index (κ2) is 8.05. The van der Waals surface area contributed by atoms with Crippen LogP contribution in [0.15, 0.2) is 42.5 Å². The fourth-order valence-electron chi connectivity index (χ4n) is 2.95. The van der Waals surface area contributed by atoms with Crippen molar-refractivity contribution in [3.63, 3.8) is 0 Å². The zero-order valence-electron chi connectivity index (χ0n) is 15.6. The molecule has 27 heavy (non-hydrogen) atoms. The van der Waals surface area contributed by atoms with Crippen molar-refractivity contribution >= 4 is 22.5 Å². The number of para-hydroxylation sites is 1. The van der Waals surface area contributed by atoms with Crippen molar-refractivity contribution in [3.05, 3.63) is 48.0 Å². The van der Waals surface area contributed by atoms with Crippen LogP contribution in [-0.2, 0) is 9.53 Å². The number of fused-ring (bicyclic) bond motifs is 1. The number of phenolic OH excluding ortho intramolecular Hbond substituents is 1. The number of anilines is 1. The average molecular weight is 366 g/mol. The van der Waals surface area contributed by atoms with E-state index in [0.29, 0.717) is 29.3 Å². The van der Waals surface area contributed by atoms with Crippen LogP contribution < -0.4 is 10.1 Å². The van der Waals surface area contributed by atoms with Crippen molar-refractivity contribution in [2.24, 2.45) is 0 Å². The Morgan fingerprint density at radius 2 is 2.04 bits per heavy atom. The molecule has 3 aromatic rings. The summed E-state index contributed by atoms with van der Waals surface area (Å²) in [5, 5.41) is 14.3. The van der Waals surface area contributed by atoms with E-state index in [2.05, 4.69) is 10.3 Å². The quantitative estimate of drug-likeness (QED) is 0.692. The average Bonchev–Trinajstić information content (AvgIpc) is 2.63. The lowest BCUT2D eigenvalue weighted by molar-refractivity contribution is -0.119. The predicted molar refractivity (Wildman–Crippen MR) is 105 cm³/mol. The molecule has 0 saturated carbocycles. The first-order valence-corrected chi connectivity index (χ1v) is 8.68. The van der Waals surface area contributed by atoms with Crippen molar-refractivity contribution < 1.29 is 19.4 Å². The monoisotopic (exact) mass is 366 g/mol. The number of carbonyl (C=O) groups is 1. The number of phenols is 1. The molecular formula is C21H22N2O4. The van der Waals surface area contributed by atoms with Gasteiger partial charge in [0, 0.05) is 23.7 Å². The third-order valence-electron chi connectivity index (χ3n) is 4.15. The molecule has 140 valence electrons. The lowest BCUT2D eigenvalue weighted by Gasteiger charge is -2.12. The summed E-state index contributed by atoms with van der Waals surface area (Å²) >= 11 is 0. The number of hydrogen-bond acceptors (Lipinski definition) is 5. The SMILES string of the molecule is CCOc1cccc(-c2cc(C)c3ccc(NC(=O)COC)cc3n2)c1O. The number of aromatic nitrogens is 1. The molecule has 6 heteroatoms. The Morgan fingerprint density at radius 1 is 1.22 bits per heavy atom. The van der Waals surface area contributed by atoms with Crippen molar-refractivity contribution in [2.45, 2.75) is 13.8 Å². The maximum atomic E-state index is 11.7. The second-order valence-corrected chi connectivity index (χ2v) is 6.12. The number of hydrogen-bond donors (Lipinski definition) is 2. The van der Waals surface area contributed by atoms with Crippen molar-refractivity contribution in [3.8, 4) is 22.8 Å². The summed E-state index contributed by atoms with van der Waals surface area (Å²) in [4.78, 5) is 16.4. The van der Waals surface area contributed by atoms with Gasteiger partial charge in [0.25, 0.3) is 0 Å². The predicted octanol–water partition coefficient (Wildman–Crippen LogP) is 3.90. The number of methoxy groups -OCH3 is 1. The Labute approximate surface area is 157 Å². The van der Waals surface area contributed by atoms with Gasteiger partial charge < -0.3 is 19.9 Å². The van der Waals surface area contributed by atoms with Gasteiger partial charge in [-0.3, -0.25) is 4.79 Å². The van der Waals surface area contributed by atoms with Crippen LogP contribution in [0, 0.1) is 6.92 Å². The van der Waals surface area contributed by atoms with Crippen molar-refractivity contribution in [1.29, 1.82) is 0 Å². The Balaban J connectivity index is 2.05. The molecule has 2 N–H and O–H groups in total. The second-order valence-electron chi connectivity index (χ2n) is 6.12. The van der Waals surface area contributed by atoms with Gasteiger partial charge in [0.05, 0.1) is 17.8 Å². The molecule has 1 aromatic heterocycles. The molecule has 3 rings (SSSR count). The molecule has 0 spiro atoms. The maximum Gasteiger partial charge on any atom is 0.250 e. The van der Waals surface area contributed by atoms with Crippen LogP contribution in [0.2, 0.25) is 0 Å². The van der Waals surface area contributed by atoms with Crippen molar-refractivity contribution in [1.82, 2.24) is 4.98 Å². The number of rotatable bonds is 6. The van der Waals surface area contributed by atoms with Crippen LogP contribution >= 0.6 is 0 Å². The zero-order valence-corrected chi connectivity index (χ0v) is 15.6. The van der Waals surface area contributed by atoms with E-state index < -0.39 is 0 Å². The molecule has 0 unspecified atom stereocenters. The Bertz CT molecular complexity index is 985. The first kappa shape index (κ1) is 18.7. The summed E-state index contributed by atoms with van der Waals surface area (Å²) in [6.07, 6.45) is 0. The lowest BCUT2D eigenvalue weighted by atomic mass is 10.0. The van der Waals surface area contributed by atoms with Gasteiger partial charge >= 0.3 is 0 Å². The normalized spacial score (nSPS) is 10.8. The molecule has 2 aromatic carbocycles. The largest absolute Gasteiger partial charge is 0.504 e. The van der Waals surface area contributed by atoms with Crippen molar-refractivity contribution in [2.75, 3.05) is 25.6 Å². The first-order valence-electron chi connectivity index (χ1n) is 8.68. The number of amides is 1. The number of pyridine rings is 1. The van der Waals surface area contributed by atoms with Gasteiger partial charge in [0.15, 0.2) is 11.5 Å². The minimum absolute atomic E-state index is 0.0113. The van der Waals surface area contributed by atoms with Crippen LogP contribution in [0.25, 0.3) is 22.2 Å². The molecule has 0 atom stereocenters. The van der Waals surface area contributed by atoms with Gasteiger partial charge in [-0.15, -0.1) is 0 Å². The summed E-state index contributed by atoms with van der Waals surface area (Å²) in [7, 11) is 1.47. The van der Waals surface area contributed by atoms with Crippen LogP contribution in [0.3, 0.4) is 0 Å². The van der Waals surface area contributed by atoms with Crippen LogP contribution in [0.5, 0.6) is 11.5 Å². The number of aromatic hydroxyl groups is 1. The first-order chi connectivity index (χ1) is 13.0. The van der Waals surface area contributed by atoms with E-state index in [1.807, 2.05) is 44.2 Å². The lowest BCUT2D eigenvalue weighted by Crippen LogP contribution is -2.17. The minimum Gasteiger partial charge on any atom is -0.504 e. The van der Waals surface area contributed by atoms with E-state index in [0.717, 1.165) is 16.5 Å². The number of nitrogens with zero attached hydrogens (tertiary/aromatic N) is 1. The molecule has 6 nitrogen and oxygen atoms in total. The fourth-order valence-corrected chi connectivity index (χ4v) is 2.95. The van der Waals surface area contributed by atoms with E-state index in [4.69, 9.17) is 9.47 Å². The van der Waals surface area contributed by atoms with E-state index in [-0.39, 0.29) is 18.3 Å². The summed E-state index contributed by atoms with van der Waals surface area (Å²) in [5.74, 6) is 0.261. The summed E-state index contributed by atoms with van der Waals surface area (Å²) in [6, 6.07) is 12.8. The van der Waals surface area contributed by atoms with E-state index in [1.54, 1.807) is 12.1 Å². The minimum atomic E-state index is -0.230. The Kier molecular flexibility index (Phi) is 5.57. The summed E-state index contributed by atoms with van der Waals surface area (Å²) < 4.78 is 10.3. The molecule has 0 bridgehead atoms.